The van der Waals surface area contributed by atoms with Gasteiger partial charge in [-0.2, -0.15) is 0 Å². The third kappa shape index (κ3) is 3.45. The second kappa shape index (κ2) is 6.53. The Kier molecular flexibility index (Phi) is 5.60. The third-order valence-corrected chi connectivity index (χ3v) is 4.38. The molecule has 0 aromatic carbocycles. The van der Waals surface area contributed by atoms with Crippen molar-refractivity contribution in [3.8, 4) is 0 Å². The lowest BCUT2D eigenvalue weighted by Gasteiger charge is -2.31. The summed E-state index contributed by atoms with van der Waals surface area (Å²) < 4.78 is 0. The normalized spacial score (nSPS) is 24.2. The van der Waals surface area contributed by atoms with E-state index in [0.29, 0.717) is 12.0 Å². The number of nitrogens with one attached hydrogen (secondary N) is 2. The molecule has 0 aliphatic carbocycles. The molecule has 0 spiro atoms. The first-order valence-electron chi connectivity index (χ1n) is 7.09. The summed E-state index contributed by atoms with van der Waals surface area (Å²) in [5.41, 5.74) is -0.198. The van der Waals surface area contributed by atoms with E-state index in [1.165, 1.54) is 0 Å². The van der Waals surface area contributed by atoms with E-state index in [1.54, 1.807) is 0 Å². The SMILES string of the molecule is CC(C)N(C)CCNC(=O)C1(C(C)C)CCNC1. The first kappa shape index (κ1) is 15.4. The molecule has 2 N–H and O–H groups in total. The molecular weight excluding hydrogens is 226 g/mol. The fourth-order valence-corrected chi connectivity index (χ4v) is 2.44. The molecule has 4 nitrogen and oxygen atoms in total. The van der Waals surface area contributed by atoms with Crippen LogP contribution in [0.25, 0.3) is 0 Å². The smallest absolute Gasteiger partial charge is 0.227 e. The minimum atomic E-state index is -0.198. The van der Waals surface area contributed by atoms with Gasteiger partial charge in [-0.15, -0.1) is 0 Å². The average molecular weight is 255 g/mol. The van der Waals surface area contributed by atoms with E-state index in [0.717, 1.165) is 32.6 Å². The molecule has 4 heteroatoms. The fraction of sp³-hybridized carbons (Fsp3) is 0.929. The Morgan fingerprint density at radius 3 is 2.50 bits per heavy atom. The topological polar surface area (TPSA) is 44.4 Å². The van der Waals surface area contributed by atoms with Crippen LogP contribution in [-0.2, 0) is 4.79 Å². The Labute approximate surface area is 111 Å². The van der Waals surface area contributed by atoms with E-state index in [1.807, 2.05) is 0 Å². The second-order valence-electron chi connectivity index (χ2n) is 6.07. The Balaban J connectivity index is 2.44. The minimum Gasteiger partial charge on any atom is -0.354 e. The van der Waals surface area contributed by atoms with Crippen molar-refractivity contribution >= 4 is 5.91 Å². The molecular formula is C14H29N3O. The van der Waals surface area contributed by atoms with E-state index in [4.69, 9.17) is 0 Å². The number of carbonyl (C=O) groups is 1. The zero-order valence-corrected chi connectivity index (χ0v) is 12.5. The van der Waals surface area contributed by atoms with Crippen LogP contribution in [0.2, 0.25) is 0 Å². The molecule has 0 saturated carbocycles. The van der Waals surface area contributed by atoms with Crippen LogP contribution < -0.4 is 10.6 Å². The van der Waals surface area contributed by atoms with Gasteiger partial charge in [-0.05, 0) is 39.8 Å². The summed E-state index contributed by atoms with van der Waals surface area (Å²) in [6.07, 6.45) is 0.955. The van der Waals surface area contributed by atoms with Crippen LogP contribution in [0.4, 0.5) is 0 Å². The molecule has 1 heterocycles. The van der Waals surface area contributed by atoms with Crippen LogP contribution in [0.3, 0.4) is 0 Å². The van der Waals surface area contributed by atoms with E-state index in [9.17, 15) is 4.79 Å². The minimum absolute atomic E-state index is 0.198. The Morgan fingerprint density at radius 2 is 2.06 bits per heavy atom. The summed E-state index contributed by atoms with van der Waals surface area (Å²) in [5, 5.41) is 6.43. The van der Waals surface area contributed by atoms with Crippen molar-refractivity contribution in [3.05, 3.63) is 0 Å². The molecule has 1 rings (SSSR count). The molecule has 18 heavy (non-hydrogen) atoms. The number of rotatable bonds is 6. The van der Waals surface area contributed by atoms with Crippen LogP contribution in [0.15, 0.2) is 0 Å². The molecule has 0 aromatic rings. The van der Waals surface area contributed by atoms with Gasteiger partial charge in [-0.25, -0.2) is 0 Å². The Morgan fingerprint density at radius 1 is 1.39 bits per heavy atom. The zero-order valence-electron chi connectivity index (χ0n) is 12.5. The molecule has 1 unspecified atom stereocenters. The third-order valence-electron chi connectivity index (χ3n) is 4.38. The predicted molar refractivity (Wildman–Crippen MR) is 75.5 cm³/mol. The van der Waals surface area contributed by atoms with E-state index in [-0.39, 0.29) is 11.3 Å². The summed E-state index contributed by atoms with van der Waals surface area (Å²) in [6.45, 7) is 12.0. The average Bonchev–Trinajstić information content (AvgIpc) is 2.78. The fourth-order valence-electron chi connectivity index (χ4n) is 2.44. The van der Waals surface area contributed by atoms with Gasteiger partial charge in [0.05, 0.1) is 5.41 Å². The summed E-state index contributed by atoms with van der Waals surface area (Å²) in [4.78, 5) is 14.6. The van der Waals surface area contributed by atoms with E-state index >= 15 is 0 Å². The molecule has 0 radical (unpaired) electrons. The number of carbonyl (C=O) groups excluding carboxylic acids is 1. The maximum atomic E-state index is 12.4. The van der Waals surface area contributed by atoms with Gasteiger partial charge in [0.1, 0.15) is 0 Å². The maximum Gasteiger partial charge on any atom is 0.227 e. The van der Waals surface area contributed by atoms with Crippen molar-refractivity contribution in [3.63, 3.8) is 0 Å². The van der Waals surface area contributed by atoms with Crippen molar-refractivity contribution in [2.75, 3.05) is 33.2 Å². The summed E-state index contributed by atoms with van der Waals surface area (Å²) in [6, 6.07) is 0.522. The predicted octanol–water partition coefficient (Wildman–Crippen LogP) is 1.08. The molecule has 1 atom stereocenters. The monoisotopic (exact) mass is 255 g/mol. The van der Waals surface area contributed by atoms with Crippen molar-refractivity contribution < 1.29 is 4.79 Å². The van der Waals surface area contributed by atoms with Gasteiger partial charge in [0, 0.05) is 25.7 Å². The molecule has 1 saturated heterocycles. The zero-order chi connectivity index (χ0) is 13.8. The molecule has 0 bridgehead atoms. The lowest BCUT2D eigenvalue weighted by atomic mass is 9.75. The molecule has 0 aromatic heterocycles. The van der Waals surface area contributed by atoms with Crippen molar-refractivity contribution in [1.82, 2.24) is 15.5 Å². The number of nitrogens with zero attached hydrogens (tertiary/aromatic N) is 1. The Hall–Kier alpha value is -0.610. The van der Waals surface area contributed by atoms with Crippen molar-refractivity contribution in [2.24, 2.45) is 11.3 Å². The highest BCUT2D eigenvalue weighted by molar-refractivity contribution is 5.83. The Bertz CT molecular complexity index is 270. The number of hydrogen-bond acceptors (Lipinski definition) is 3. The van der Waals surface area contributed by atoms with Crippen LogP contribution in [-0.4, -0.2) is 50.1 Å². The van der Waals surface area contributed by atoms with Crippen molar-refractivity contribution in [2.45, 2.75) is 40.2 Å². The highest BCUT2D eigenvalue weighted by atomic mass is 16.2. The first-order chi connectivity index (χ1) is 8.40. The van der Waals surface area contributed by atoms with Crippen LogP contribution in [0.5, 0.6) is 0 Å². The first-order valence-corrected chi connectivity index (χ1v) is 7.09. The summed E-state index contributed by atoms with van der Waals surface area (Å²) in [7, 11) is 2.09. The number of hydrogen-bond donors (Lipinski definition) is 2. The van der Waals surface area contributed by atoms with E-state index < -0.39 is 0 Å². The highest BCUT2D eigenvalue weighted by Gasteiger charge is 2.43. The maximum absolute atomic E-state index is 12.4. The van der Waals surface area contributed by atoms with Crippen molar-refractivity contribution in [1.29, 1.82) is 0 Å². The summed E-state index contributed by atoms with van der Waals surface area (Å²) in [5.74, 6) is 0.606. The van der Waals surface area contributed by atoms with Crippen LogP contribution in [0, 0.1) is 11.3 Å². The van der Waals surface area contributed by atoms with Gasteiger partial charge >= 0.3 is 0 Å². The second-order valence-corrected chi connectivity index (χ2v) is 6.07. The van der Waals surface area contributed by atoms with E-state index in [2.05, 4.69) is 50.3 Å². The summed E-state index contributed by atoms with van der Waals surface area (Å²) >= 11 is 0. The van der Waals surface area contributed by atoms with Gasteiger partial charge in [0.15, 0.2) is 0 Å². The molecule has 1 aliphatic rings. The van der Waals surface area contributed by atoms with Gasteiger partial charge in [-0.3, -0.25) is 4.79 Å². The van der Waals surface area contributed by atoms with Gasteiger partial charge in [0.25, 0.3) is 0 Å². The largest absolute Gasteiger partial charge is 0.354 e. The molecule has 106 valence electrons. The lowest BCUT2D eigenvalue weighted by molar-refractivity contribution is -0.132. The van der Waals surface area contributed by atoms with Gasteiger partial charge in [0.2, 0.25) is 5.91 Å². The van der Waals surface area contributed by atoms with Crippen LogP contribution in [0.1, 0.15) is 34.1 Å². The molecule has 1 amide bonds. The number of likely N-dealkylation sites (N-methyl/N-ethyl adjacent to an activating group) is 1. The molecule has 1 aliphatic heterocycles. The standard InChI is InChI=1S/C14H29N3O/c1-11(2)14(6-7-15-10-14)13(18)16-8-9-17(5)12(3)4/h11-12,15H,6-10H2,1-5H3,(H,16,18). The highest BCUT2D eigenvalue weighted by Crippen LogP contribution is 2.34. The number of amides is 1. The van der Waals surface area contributed by atoms with Gasteiger partial charge in [-0.1, -0.05) is 13.8 Å². The van der Waals surface area contributed by atoms with Crippen LogP contribution >= 0.6 is 0 Å². The molecule has 1 fully saturated rings. The van der Waals surface area contributed by atoms with Gasteiger partial charge < -0.3 is 15.5 Å². The lowest BCUT2D eigenvalue weighted by Crippen LogP contribution is -2.48. The quantitative estimate of drug-likeness (QED) is 0.746.